The van der Waals surface area contributed by atoms with Crippen molar-refractivity contribution < 1.29 is 4.74 Å². The molecule has 0 saturated heterocycles. The smallest absolute Gasteiger partial charge is 0.120 e. The van der Waals surface area contributed by atoms with Gasteiger partial charge in [0.1, 0.15) is 5.75 Å². The number of halogens is 1. The highest BCUT2D eigenvalue weighted by molar-refractivity contribution is 6.22. The van der Waals surface area contributed by atoms with Crippen molar-refractivity contribution in [3.05, 3.63) is 59.7 Å². The van der Waals surface area contributed by atoms with Crippen LogP contribution in [-0.2, 0) is 0 Å². The van der Waals surface area contributed by atoms with E-state index in [0.717, 1.165) is 34.8 Å². The molecule has 1 heterocycles. The van der Waals surface area contributed by atoms with Crippen molar-refractivity contribution in [1.82, 2.24) is 0 Å². The highest BCUT2D eigenvalue weighted by Crippen LogP contribution is 2.30. The molecule has 0 saturated carbocycles. The maximum absolute atomic E-state index is 6.40. The first-order valence-electron chi connectivity index (χ1n) is 7.32. The van der Waals surface area contributed by atoms with Crippen LogP contribution in [0.1, 0.15) is 11.1 Å². The molecule has 114 valence electrons. The normalized spacial score (nSPS) is 18.0. The minimum Gasteiger partial charge on any atom is -0.497 e. The summed E-state index contributed by atoms with van der Waals surface area (Å²) in [6, 6.07) is 16.3. The quantitative estimate of drug-likeness (QED) is 0.791. The number of nitrogens with zero attached hydrogens (tertiary/aromatic N) is 2. The largest absolute Gasteiger partial charge is 0.497 e. The van der Waals surface area contributed by atoms with E-state index in [9.17, 15) is 0 Å². The van der Waals surface area contributed by atoms with Crippen LogP contribution in [0.15, 0.2) is 53.5 Å². The summed E-state index contributed by atoms with van der Waals surface area (Å²) in [7, 11) is 3.74. The van der Waals surface area contributed by atoms with E-state index in [1.807, 2.05) is 30.3 Å². The number of rotatable bonds is 2. The number of alkyl halides is 1. The molecule has 4 heteroatoms. The molecular formula is C18H19ClN2O. The van der Waals surface area contributed by atoms with Gasteiger partial charge >= 0.3 is 0 Å². The van der Waals surface area contributed by atoms with Crippen LogP contribution in [0.3, 0.4) is 0 Å². The van der Waals surface area contributed by atoms with Crippen LogP contribution in [0.25, 0.3) is 0 Å². The molecule has 1 unspecified atom stereocenters. The Kier molecular flexibility index (Phi) is 4.34. The van der Waals surface area contributed by atoms with Crippen molar-refractivity contribution in [2.24, 2.45) is 4.99 Å². The van der Waals surface area contributed by atoms with Crippen molar-refractivity contribution in [3.63, 3.8) is 0 Å². The van der Waals surface area contributed by atoms with Crippen molar-refractivity contribution in [1.29, 1.82) is 0 Å². The summed E-state index contributed by atoms with van der Waals surface area (Å²) in [4.78, 5) is 6.96. The lowest BCUT2D eigenvalue weighted by atomic mass is 9.99. The summed E-state index contributed by atoms with van der Waals surface area (Å²) in [5.41, 5.74) is 4.29. The zero-order valence-electron chi connectivity index (χ0n) is 12.8. The average Bonchev–Trinajstić information content (AvgIpc) is 2.55. The Morgan fingerprint density at radius 2 is 1.95 bits per heavy atom. The van der Waals surface area contributed by atoms with E-state index >= 15 is 0 Å². The molecule has 0 fully saturated rings. The van der Waals surface area contributed by atoms with E-state index in [1.165, 1.54) is 0 Å². The highest BCUT2D eigenvalue weighted by atomic mass is 35.5. The topological polar surface area (TPSA) is 24.8 Å². The Labute approximate surface area is 136 Å². The van der Waals surface area contributed by atoms with Gasteiger partial charge in [0.25, 0.3) is 0 Å². The molecule has 1 aliphatic heterocycles. The third kappa shape index (κ3) is 2.95. The number of aliphatic imine (C=N–C) groups is 1. The van der Waals surface area contributed by atoms with Crippen LogP contribution in [0, 0.1) is 0 Å². The molecule has 1 aliphatic rings. The van der Waals surface area contributed by atoms with Gasteiger partial charge in [-0.15, -0.1) is 11.6 Å². The first-order chi connectivity index (χ1) is 10.7. The lowest BCUT2D eigenvalue weighted by Gasteiger charge is -2.28. The van der Waals surface area contributed by atoms with E-state index in [1.54, 1.807) is 7.11 Å². The first kappa shape index (κ1) is 14.9. The predicted octanol–water partition coefficient (Wildman–Crippen LogP) is 3.59. The molecule has 0 aliphatic carbocycles. The summed E-state index contributed by atoms with van der Waals surface area (Å²) in [6.45, 7) is 1.37. The van der Waals surface area contributed by atoms with Gasteiger partial charge in [-0.3, -0.25) is 4.99 Å². The fourth-order valence-electron chi connectivity index (χ4n) is 2.73. The second kappa shape index (κ2) is 6.41. The molecule has 22 heavy (non-hydrogen) atoms. The zero-order chi connectivity index (χ0) is 15.5. The maximum atomic E-state index is 6.40. The summed E-state index contributed by atoms with van der Waals surface area (Å²) in [6.07, 6.45) is 0. The van der Waals surface area contributed by atoms with Gasteiger partial charge in [0.05, 0.1) is 24.7 Å². The molecule has 0 aromatic heterocycles. The molecule has 2 aromatic rings. The second-order valence-electron chi connectivity index (χ2n) is 5.42. The summed E-state index contributed by atoms with van der Waals surface area (Å²) < 4.78 is 5.37. The average molecular weight is 315 g/mol. The van der Waals surface area contributed by atoms with Gasteiger partial charge in [0.15, 0.2) is 0 Å². The fraction of sp³-hybridized carbons (Fsp3) is 0.278. The lowest BCUT2D eigenvalue weighted by molar-refractivity contribution is 0.415. The van der Waals surface area contributed by atoms with Crippen molar-refractivity contribution in [2.45, 2.75) is 5.38 Å². The van der Waals surface area contributed by atoms with Gasteiger partial charge in [-0.05, 0) is 12.1 Å². The monoisotopic (exact) mass is 314 g/mol. The number of methoxy groups -OCH3 is 1. The second-order valence-corrected chi connectivity index (χ2v) is 6.03. The fourth-order valence-corrected chi connectivity index (χ4v) is 3.00. The van der Waals surface area contributed by atoms with Crippen molar-refractivity contribution >= 4 is 23.0 Å². The standard InChI is InChI=1S/C18H19ClN2O/c1-21-12-14(19)11-20-18(13-6-4-3-5-7-13)16-9-8-15(22-2)10-17(16)21/h3-10,14H,11-12H2,1-2H3. The molecule has 0 radical (unpaired) electrons. The number of benzene rings is 2. The zero-order valence-corrected chi connectivity index (χ0v) is 13.5. The summed E-state index contributed by atoms with van der Waals surface area (Å²) >= 11 is 6.40. The van der Waals surface area contributed by atoms with E-state index in [2.05, 4.69) is 30.1 Å². The molecular weight excluding hydrogens is 296 g/mol. The van der Waals surface area contributed by atoms with Gasteiger partial charge in [-0.1, -0.05) is 30.3 Å². The Morgan fingerprint density at radius 1 is 1.18 bits per heavy atom. The van der Waals surface area contributed by atoms with Crippen LogP contribution in [0.5, 0.6) is 5.75 Å². The Morgan fingerprint density at radius 3 is 2.68 bits per heavy atom. The Bertz CT molecular complexity index is 685. The molecule has 3 nitrogen and oxygen atoms in total. The Balaban J connectivity index is 2.17. The maximum Gasteiger partial charge on any atom is 0.120 e. The molecule has 3 rings (SSSR count). The van der Waals surface area contributed by atoms with E-state index in [-0.39, 0.29) is 5.38 Å². The summed E-state index contributed by atoms with van der Waals surface area (Å²) in [5, 5.41) is -0.0111. The number of ether oxygens (including phenoxy) is 1. The highest BCUT2D eigenvalue weighted by Gasteiger charge is 2.20. The van der Waals surface area contributed by atoms with Crippen LogP contribution >= 0.6 is 11.6 Å². The number of anilines is 1. The molecule has 0 bridgehead atoms. The van der Waals surface area contributed by atoms with Gasteiger partial charge in [-0.25, -0.2) is 0 Å². The number of hydrogen-bond donors (Lipinski definition) is 0. The van der Waals surface area contributed by atoms with Crippen molar-refractivity contribution in [3.8, 4) is 5.75 Å². The van der Waals surface area contributed by atoms with E-state index in [0.29, 0.717) is 6.54 Å². The number of hydrogen-bond acceptors (Lipinski definition) is 3. The molecule has 1 atom stereocenters. The van der Waals surface area contributed by atoms with E-state index in [4.69, 9.17) is 21.3 Å². The molecule has 0 amide bonds. The SMILES string of the molecule is COc1ccc2c(c1)N(C)CC(Cl)CN=C2c1ccccc1. The lowest BCUT2D eigenvalue weighted by Crippen LogP contribution is -2.31. The molecule has 2 aromatic carbocycles. The van der Waals surface area contributed by atoms with Crippen LogP contribution in [0.2, 0.25) is 0 Å². The minimum absolute atomic E-state index is 0.0111. The summed E-state index contributed by atoms with van der Waals surface area (Å²) in [5.74, 6) is 0.838. The van der Waals surface area contributed by atoms with Crippen LogP contribution in [0.4, 0.5) is 5.69 Å². The van der Waals surface area contributed by atoms with E-state index < -0.39 is 0 Å². The van der Waals surface area contributed by atoms with Gasteiger partial charge in [-0.2, -0.15) is 0 Å². The Hall–Kier alpha value is -2.00. The van der Waals surface area contributed by atoms with Crippen LogP contribution in [-0.4, -0.2) is 38.3 Å². The first-order valence-corrected chi connectivity index (χ1v) is 7.76. The van der Waals surface area contributed by atoms with Crippen molar-refractivity contribution in [2.75, 3.05) is 32.1 Å². The third-order valence-electron chi connectivity index (χ3n) is 3.84. The van der Waals surface area contributed by atoms with Gasteiger partial charge < -0.3 is 9.64 Å². The van der Waals surface area contributed by atoms with Gasteiger partial charge in [0, 0.05) is 36.5 Å². The third-order valence-corrected chi connectivity index (χ3v) is 4.11. The minimum atomic E-state index is -0.0111. The van der Waals surface area contributed by atoms with Crippen LogP contribution < -0.4 is 9.64 Å². The van der Waals surface area contributed by atoms with Gasteiger partial charge in [0.2, 0.25) is 0 Å². The number of fused-ring (bicyclic) bond motifs is 1. The predicted molar refractivity (Wildman–Crippen MR) is 92.9 cm³/mol. The molecule has 0 spiro atoms. The molecule has 0 N–H and O–H groups in total.